The van der Waals surface area contributed by atoms with Crippen molar-refractivity contribution in [2.75, 3.05) is 26.2 Å². The maximum atomic E-state index is 14.4. The van der Waals surface area contributed by atoms with E-state index in [0.29, 0.717) is 18.7 Å². The van der Waals surface area contributed by atoms with Crippen LogP contribution in [0.15, 0.2) is 36.4 Å². The zero-order valence-electron chi connectivity index (χ0n) is 17.9. The highest BCUT2D eigenvalue weighted by Crippen LogP contribution is 2.42. The van der Waals surface area contributed by atoms with Crippen molar-refractivity contribution in [3.63, 3.8) is 0 Å². The summed E-state index contributed by atoms with van der Waals surface area (Å²) in [5.41, 5.74) is -0.856. The first-order chi connectivity index (χ1) is 15.1. The summed E-state index contributed by atoms with van der Waals surface area (Å²) in [6.45, 7) is 4.73. The fourth-order valence-electron chi connectivity index (χ4n) is 5.30. The molecule has 1 amide bonds. The van der Waals surface area contributed by atoms with Gasteiger partial charge in [0.05, 0.1) is 11.5 Å². The summed E-state index contributed by atoms with van der Waals surface area (Å²) in [6.07, 6.45) is 0. The molecule has 0 radical (unpaired) electrons. The number of carbonyl (C=O) groups excluding carboxylic acids is 1. The van der Waals surface area contributed by atoms with Crippen LogP contribution in [0.4, 0.5) is 17.6 Å². The number of hydrogen-bond donors (Lipinski definition) is 2. The Labute approximate surface area is 184 Å². The molecule has 2 aliphatic heterocycles. The van der Waals surface area contributed by atoms with E-state index in [1.54, 1.807) is 18.7 Å². The molecular weight excluding hydrogens is 424 g/mol. The Morgan fingerprint density at radius 2 is 1.66 bits per heavy atom. The van der Waals surface area contributed by atoms with Crippen LogP contribution in [0.3, 0.4) is 0 Å². The number of carbonyl (C=O) groups is 1. The zero-order chi connectivity index (χ0) is 23.2. The van der Waals surface area contributed by atoms with E-state index in [2.05, 4.69) is 5.32 Å². The molecule has 0 spiro atoms. The predicted molar refractivity (Wildman–Crippen MR) is 111 cm³/mol. The van der Waals surface area contributed by atoms with E-state index in [1.165, 1.54) is 18.2 Å². The summed E-state index contributed by atoms with van der Waals surface area (Å²) in [6, 6.07) is 6.76. The van der Waals surface area contributed by atoms with Crippen LogP contribution in [0.2, 0.25) is 0 Å². The standard InChI is InChI=1S/C24H26F4N2O2/c1-13-11-30(12-14(2)24(13,32)15-3-6-20(26)22(28)7-15)23(31)19-10-29-9-18(19)17-5-4-16(25)8-21(17)27/h3-8,13-14,18-19,29,32H,9-12H2,1-2H3/t13-,14+,18-,19+,24-/m0/s1. The van der Waals surface area contributed by atoms with E-state index in [-0.39, 0.29) is 24.6 Å². The third-order valence-electron chi connectivity index (χ3n) is 7.08. The van der Waals surface area contributed by atoms with Crippen molar-refractivity contribution in [3.05, 3.63) is 70.8 Å². The van der Waals surface area contributed by atoms with E-state index in [0.717, 1.165) is 18.2 Å². The van der Waals surface area contributed by atoms with Crippen LogP contribution in [-0.2, 0) is 10.4 Å². The lowest BCUT2D eigenvalue weighted by Crippen LogP contribution is -2.57. The molecule has 32 heavy (non-hydrogen) atoms. The first kappa shape index (κ1) is 22.7. The SMILES string of the molecule is C[C@@H]1CN(C(=O)[C@@H]2CNC[C@H]2c2ccc(F)cc2F)C[C@H](C)[C@@]1(O)c1ccc(F)c(F)c1. The Hall–Kier alpha value is -2.45. The first-order valence-corrected chi connectivity index (χ1v) is 10.7. The van der Waals surface area contributed by atoms with Crippen LogP contribution in [0.5, 0.6) is 0 Å². The molecule has 0 bridgehead atoms. The van der Waals surface area contributed by atoms with Crippen LogP contribution in [0.1, 0.15) is 30.9 Å². The van der Waals surface area contributed by atoms with Crippen molar-refractivity contribution < 1.29 is 27.5 Å². The highest BCUT2D eigenvalue weighted by atomic mass is 19.2. The molecule has 5 atom stereocenters. The van der Waals surface area contributed by atoms with Gasteiger partial charge in [0.15, 0.2) is 11.6 Å². The number of rotatable bonds is 3. The third kappa shape index (κ3) is 3.79. The number of hydrogen-bond acceptors (Lipinski definition) is 3. The highest BCUT2D eigenvalue weighted by Gasteiger charge is 2.48. The minimum Gasteiger partial charge on any atom is -0.384 e. The molecule has 2 fully saturated rings. The molecule has 4 rings (SSSR count). The number of piperidine rings is 1. The fraction of sp³-hybridized carbons (Fsp3) is 0.458. The summed E-state index contributed by atoms with van der Waals surface area (Å²) in [5.74, 6) is -5.39. The largest absolute Gasteiger partial charge is 0.384 e. The van der Waals surface area contributed by atoms with E-state index >= 15 is 0 Å². The van der Waals surface area contributed by atoms with Crippen molar-refractivity contribution >= 4 is 5.91 Å². The molecule has 0 aromatic heterocycles. The van der Waals surface area contributed by atoms with Gasteiger partial charge in [-0.15, -0.1) is 0 Å². The Morgan fingerprint density at radius 3 is 2.28 bits per heavy atom. The molecule has 8 heteroatoms. The molecule has 0 unspecified atom stereocenters. The Balaban J connectivity index is 1.55. The minimum atomic E-state index is -1.43. The van der Waals surface area contributed by atoms with E-state index in [1.807, 2.05) is 0 Å². The Bertz CT molecular complexity index is 1020. The maximum Gasteiger partial charge on any atom is 0.227 e. The number of aliphatic hydroxyl groups is 1. The highest BCUT2D eigenvalue weighted by molar-refractivity contribution is 5.81. The average molecular weight is 450 g/mol. The van der Waals surface area contributed by atoms with Crippen molar-refractivity contribution in [1.82, 2.24) is 10.2 Å². The van der Waals surface area contributed by atoms with Gasteiger partial charge in [-0.25, -0.2) is 17.6 Å². The monoisotopic (exact) mass is 450 g/mol. The van der Waals surface area contributed by atoms with Crippen LogP contribution in [0.25, 0.3) is 0 Å². The van der Waals surface area contributed by atoms with Gasteiger partial charge in [0.25, 0.3) is 0 Å². The molecule has 4 nitrogen and oxygen atoms in total. The molecule has 2 aliphatic rings. The van der Waals surface area contributed by atoms with Crippen molar-refractivity contribution in [3.8, 4) is 0 Å². The smallest absolute Gasteiger partial charge is 0.227 e. The summed E-state index contributed by atoms with van der Waals surface area (Å²) >= 11 is 0. The van der Waals surface area contributed by atoms with Crippen molar-refractivity contribution in [2.24, 2.45) is 17.8 Å². The van der Waals surface area contributed by atoms with E-state index in [9.17, 15) is 27.5 Å². The first-order valence-electron chi connectivity index (χ1n) is 10.7. The van der Waals surface area contributed by atoms with Crippen LogP contribution in [-0.4, -0.2) is 42.1 Å². The third-order valence-corrected chi connectivity index (χ3v) is 7.08. The van der Waals surface area contributed by atoms with Gasteiger partial charge in [-0.1, -0.05) is 26.0 Å². The molecule has 2 aromatic carbocycles. The zero-order valence-corrected chi connectivity index (χ0v) is 17.9. The molecule has 2 heterocycles. The number of likely N-dealkylation sites (tertiary alicyclic amines) is 1. The number of nitrogens with zero attached hydrogens (tertiary/aromatic N) is 1. The second kappa shape index (κ2) is 8.48. The van der Waals surface area contributed by atoms with Gasteiger partial charge in [0.1, 0.15) is 11.6 Å². The molecule has 2 saturated heterocycles. The topological polar surface area (TPSA) is 52.6 Å². The van der Waals surface area contributed by atoms with Gasteiger partial charge in [-0.3, -0.25) is 4.79 Å². The maximum absolute atomic E-state index is 14.4. The molecule has 2 N–H and O–H groups in total. The summed E-state index contributed by atoms with van der Waals surface area (Å²) in [7, 11) is 0. The summed E-state index contributed by atoms with van der Waals surface area (Å²) < 4.78 is 54.9. The Kier molecular flexibility index (Phi) is 6.02. The van der Waals surface area contributed by atoms with Crippen LogP contribution < -0.4 is 5.32 Å². The van der Waals surface area contributed by atoms with Gasteiger partial charge in [-0.05, 0) is 29.3 Å². The summed E-state index contributed by atoms with van der Waals surface area (Å²) in [5, 5.41) is 14.6. The predicted octanol–water partition coefficient (Wildman–Crippen LogP) is 3.55. The van der Waals surface area contributed by atoms with Crippen LogP contribution >= 0.6 is 0 Å². The number of halogens is 4. The van der Waals surface area contributed by atoms with Gasteiger partial charge in [0, 0.05) is 50.0 Å². The Morgan fingerprint density at radius 1 is 0.969 bits per heavy atom. The molecule has 0 saturated carbocycles. The lowest BCUT2D eigenvalue weighted by atomic mass is 9.70. The molecule has 172 valence electrons. The van der Waals surface area contributed by atoms with E-state index < -0.39 is 52.5 Å². The quantitative estimate of drug-likeness (QED) is 0.704. The molecule has 0 aliphatic carbocycles. The van der Waals surface area contributed by atoms with Gasteiger partial charge in [-0.2, -0.15) is 0 Å². The fourth-order valence-corrected chi connectivity index (χ4v) is 5.30. The number of amides is 1. The van der Waals surface area contributed by atoms with Gasteiger partial charge in [0.2, 0.25) is 5.91 Å². The number of nitrogens with one attached hydrogen (secondary N) is 1. The van der Waals surface area contributed by atoms with Crippen molar-refractivity contribution in [2.45, 2.75) is 25.4 Å². The van der Waals surface area contributed by atoms with E-state index in [4.69, 9.17) is 0 Å². The summed E-state index contributed by atoms with van der Waals surface area (Å²) in [4.78, 5) is 15.0. The second-order valence-electron chi connectivity index (χ2n) is 9.04. The van der Waals surface area contributed by atoms with Crippen LogP contribution in [0, 0.1) is 41.0 Å². The van der Waals surface area contributed by atoms with Crippen molar-refractivity contribution in [1.29, 1.82) is 0 Å². The lowest BCUT2D eigenvalue weighted by molar-refractivity contribution is -0.152. The lowest BCUT2D eigenvalue weighted by Gasteiger charge is -2.48. The normalized spacial score (nSPS) is 30.5. The minimum absolute atomic E-state index is 0.172. The molecular formula is C24H26F4N2O2. The average Bonchev–Trinajstić information content (AvgIpc) is 3.22. The van der Waals surface area contributed by atoms with Gasteiger partial charge < -0.3 is 15.3 Å². The second-order valence-corrected chi connectivity index (χ2v) is 9.04. The molecule has 2 aromatic rings. The number of benzene rings is 2. The van der Waals surface area contributed by atoms with Gasteiger partial charge >= 0.3 is 0 Å².